The van der Waals surface area contributed by atoms with Gasteiger partial charge in [-0.2, -0.15) is 0 Å². The van der Waals surface area contributed by atoms with Crippen LogP contribution in [0.1, 0.15) is 11.1 Å². The van der Waals surface area contributed by atoms with Gasteiger partial charge in [0.15, 0.2) is 0 Å². The van der Waals surface area contributed by atoms with Crippen LogP contribution >= 0.6 is 11.6 Å². The molecule has 4 heteroatoms. The van der Waals surface area contributed by atoms with E-state index in [9.17, 15) is 4.79 Å². The quantitative estimate of drug-likeness (QED) is 0.892. The molecule has 0 aliphatic heterocycles. The molecule has 0 aliphatic rings. The van der Waals surface area contributed by atoms with E-state index in [4.69, 9.17) is 11.6 Å². The Bertz CT molecular complexity index is 626. The maximum Gasteiger partial charge on any atom is 0.243 e. The first-order chi connectivity index (χ1) is 9.56. The molecule has 0 fully saturated rings. The van der Waals surface area contributed by atoms with Gasteiger partial charge in [-0.15, -0.1) is 0 Å². The van der Waals surface area contributed by atoms with Gasteiger partial charge in [0.25, 0.3) is 0 Å². The summed E-state index contributed by atoms with van der Waals surface area (Å²) in [7, 11) is 0. The molecule has 0 spiro atoms. The van der Waals surface area contributed by atoms with Gasteiger partial charge >= 0.3 is 0 Å². The topological polar surface area (TPSA) is 41.1 Å². The minimum Gasteiger partial charge on any atom is -0.375 e. The first-order valence-electron chi connectivity index (χ1n) is 6.42. The zero-order chi connectivity index (χ0) is 14.5. The van der Waals surface area contributed by atoms with E-state index in [-0.39, 0.29) is 12.5 Å². The molecular formula is C16H17ClN2O. The van der Waals surface area contributed by atoms with Crippen LogP contribution in [0.25, 0.3) is 0 Å². The Morgan fingerprint density at radius 3 is 2.60 bits per heavy atom. The molecule has 0 atom stereocenters. The molecule has 0 saturated carbocycles. The van der Waals surface area contributed by atoms with Gasteiger partial charge in [-0.3, -0.25) is 4.79 Å². The molecule has 1 amide bonds. The van der Waals surface area contributed by atoms with Crippen molar-refractivity contribution in [2.45, 2.75) is 13.8 Å². The molecule has 0 heterocycles. The summed E-state index contributed by atoms with van der Waals surface area (Å²) in [5.41, 5.74) is 3.76. The van der Waals surface area contributed by atoms with Gasteiger partial charge in [0.05, 0.1) is 17.3 Å². The number of hydrogen-bond acceptors (Lipinski definition) is 2. The lowest BCUT2D eigenvalue weighted by molar-refractivity contribution is -0.114. The summed E-state index contributed by atoms with van der Waals surface area (Å²) in [6.07, 6.45) is 0. The minimum absolute atomic E-state index is 0.0985. The lowest BCUT2D eigenvalue weighted by atomic mass is 10.1. The van der Waals surface area contributed by atoms with E-state index >= 15 is 0 Å². The molecule has 2 aromatic carbocycles. The summed E-state index contributed by atoms with van der Waals surface area (Å²) in [4.78, 5) is 11.9. The van der Waals surface area contributed by atoms with E-state index in [1.807, 2.05) is 50.2 Å². The van der Waals surface area contributed by atoms with E-state index in [0.717, 1.165) is 22.5 Å². The fourth-order valence-corrected chi connectivity index (χ4v) is 2.05. The molecule has 20 heavy (non-hydrogen) atoms. The van der Waals surface area contributed by atoms with Crippen molar-refractivity contribution in [1.29, 1.82) is 0 Å². The van der Waals surface area contributed by atoms with Crippen molar-refractivity contribution in [3.63, 3.8) is 0 Å². The SMILES string of the molecule is Cc1ccc(C)c(NC(=O)CNc2ccccc2Cl)c1. The molecule has 0 radical (unpaired) electrons. The molecule has 3 nitrogen and oxygen atoms in total. The summed E-state index contributed by atoms with van der Waals surface area (Å²) in [5.74, 6) is -0.0985. The third-order valence-corrected chi connectivity index (χ3v) is 3.31. The molecule has 0 saturated heterocycles. The zero-order valence-electron chi connectivity index (χ0n) is 11.5. The highest BCUT2D eigenvalue weighted by atomic mass is 35.5. The number of carbonyl (C=O) groups excluding carboxylic acids is 1. The summed E-state index contributed by atoms with van der Waals surface area (Å²) in [5, 5.41) is 6.52. The Labute approximate surface area is 124 Å². The number of anilines is 2. The molecule has 2 aromatic rings. The van der Waals surface area contributed by atoms with Crippen LogP contribution in [0.5, 0.6) is 0 Å². The number of nitrogens with one attached hydrogen (secondary N) is 2. The van der Waals surface area contributed by atoms with E-state index in [0.29, 0.717) is 5.02 Å². The second kappa shape index (κ2) is 6.44. The Morgan fingerprint density at radius 2 is 1.85 bits per heavy atom. The number of benzene rings is 2. The molecule has 2 rings (SSSR count). The van der Waals surface area contributed by atoms with Crippen molar-refractivity contribution in [2.24, 2.45) is 0 Å². The van der Waals surface area contributed by atoms with E-state index < -0.39 is 0 Å². The monoisotopic (exact) mass is 288 g/mol. The van der Waals surface area contributed by atoms with Gasteiger partial charge in [0.1, 0.15) is 0 Å². The van der Waals surface area contributed by atoms with Crippen LogP contribution in [0, 0.1) is 13.8 Å². The molecule has 104 valence electrons. The smallest absolute Gasteiger partial charge is 0.243 e. The number of hydrogen-bond donors (Lipinski definition) is 2. The van der Waals surface area contributed by atoms with Crippen molar-refractivity contribution >= 4 is 28.9 Å². The molecule has 0 aliphatic carbocycles. The van der Waals surface area contributed by atoms with Crippen molar-refractivity contribution in [2.75, 3.05) is 17.2 Å². The standard InChI is InChI=1S/C16H17ClN2O/c1-11-7-8-12(2)15(9-11)19-16(20)10-18-14-6-4-3-5-13(14)17/h3-9,18H,10H2,1-2H3,(H,19,20). The summed E-state index contributed by atoms with van der Waals surface area (Å²) in [6, 6.07) is 13.3. The average Bonchev–Trinajstić information content (AvgIpc) is 2.42. The van der Waals surface area contributed by atoms with Crippen molar-refractivity contribution in [3.05, 3.63) is 58.6 Å². The lowest BCUT2D eigenvalue weighted by Crippen LogP contribution is -2.22. The fourth-order valence-electron chi connectivity index (χ4n) is 1.84. The van der Waals surface area contributed by atoms with Crippen molar-refractivity contribution < 1.29 is 4.79 Å². The average molecular weight is 289 g/mol. The third kappa shape index (κ3) is 3.75. The maximum absolute atomic E-state index is 11.9. The van der Waals surface area contributed by atoms with E-state index in [1.165, 1.54) is 0 Å². The number of carbonyl (C=O) groups is 1. The number of para-hydroxylation sites is 1. The third-order valence-electron chi connectivity index (χ3n) is 2.98. The van der Waals surface area contributed by atoms with Crippen molar-refractivity contribution in [1.82, 2.24) is 0 Å². The number of amides is 1. The van der Waals surface area contributed by atoms with Gasteiger partial charge in [-0.05, 0) is 43.2 Å². The highest BCUT2D eigenvalue weighted by Crippen LogP contribution is 2.20. The predicted octanol–water partition coefficient (Wildman–Crippen LogP) is 4.01. The Balaban J connectivity index is 1.96. The van der Waals surface area contributed by atoms with Crippen LogP contribution in [0.3, 0.4) is 0 Å². The second-order valence-corrected chi connectivity index (χ2v) is 5.11. The molecule has 0 unspecified atom stereocenters. The number of aryl methyl sites for hydroxylation is 2. The number of rotatable bonds is 4. The van der Waals surface area contributed by atoms with Crippen LogP contribution in [0.2, 0.25) is 5.02 Å². The zero-order valence-corrected chi connectivity index (χ0v) is 12.3. The fraction of sp³-hybridized carbons (Fsp3) is 0.188. The highest BCUT2D eigenvalue weighted by Gasteiger charge is 2.06. The Kier molecular flexibility index (Phi) is 4.64. The van der Waals surface area contributed by atoms with Gasteiger partial charge in [-0.25, -0.2) is 0 Å². The highest BCUT2D eigenvalue weighted by molar-refractivity contribution is 6.33. The number of halogens is 1. The lowest BCUT2D eigenvalue weighted by Gasteiger charge is -2.11. The molecular weight excluding hydrogens is 272 g/mol. The molecule has 0 aromatic heterocycles. The largest absolute Gasteiger partial charge is 0.375 e. The molecule has 2 N–H and O–H groups in total. The van der Waals surface area contributed by atoms with E-state index in [2.05, 4.69) is 10.6 Å². The van der Waals surface area contributed by atoms with Crippen LogP contribution in [0.4, 0.5) is 11.4 Å². The van der Waals surface area contributed by atoms with Crippen LogP contribution in [-0.4, -0.2) is 12.5 Å². The Hall–Kier alpha value is -2.00. The summed E-state index contributed by atoms with van der Waals surface area (Å²) >= 11 is 6.02. The minimum atomic E-state index is -0.0985. The molecule has 0 bridgehead atoms. The first-order valence-corrected chi connectivity index (χ1v) is 6.79. The van der Waals surface area contributed by atoms with Gasteiger partial charge in [-0.1, -0.05) is 35.9 Å². The summed E-state index contributed by atoms with van der Waals surface area (Å²) < 4.78 is 0. The van der Waals surface area contributed by atoms with Crippen LogP contribution < -0.4 is 10.6 Å². The van der Waals surface area contributed by atoms with Crippen LogP contribution in [-0.2, 0) is 4.79 Å². The summed E-state index contributed by atoms with van der Waals surface area (Å²) in [6.45, 7) is 4.14. The van der Waals surface area contributed by atoms with Gasteiger partial charge in [0, 0.05) is 5.69 Å². The normalized spacial score (nSPS) is 10.2. The van der Waals surface area contributed by atoms with Crippen LogP contribution in [0.15, 0.2) is 42.5 Å². The first kappa shape index (κ1) is 14.4. The van der Waals surface area contributed by atoms with Crippen molar-refractivity contribution in [3.8, 4) is 0 Å². The van der Waals surface area contributed by atoms with E-state index in [1.54, 1.807) is 6.07 Å². The van der Waals surface area contributed by atoms with Gasteiger partial charge in [0.2, 0.25) is 5.91 Å². The predicted molar refractivity (Wildman–Crippen MR) is 84.5 cm³/mol. The second-order valence-electron chi connectivity index (χ2n) is 4.70. The maximum atomic E-state index is 11.9. The van der Waals surface area contributed by atoms with Gasteiger partial charge < -0.3 is 10.6 Å². The Morgan fingerprint density at radius 1 is 1.10 bits per heavy atom.